The summed E-state index contributed by atoms with van der Waals surface area (Å²) in [6.07, 6.45) is -3.77. The van der Waals surface area contributed by atoms with E-state index in [0.29, 0.717) is 6.54 Å². The van der Waals surface area contributed by atoms with Gasteiger partial charge in [-0.2, -0.15) is 13.2 Å². The summed E-state index contributed by atoms with van der Waals surface area (Å²) in [5, 5.41) is 2.70. The van der Waals surface area contributed by atoms with Gasteiger partial charge in [0.25, 0.3) is 0 Å². The van der Waals surface area contributed by atoms with E-state index in [2.05, 4.69) is 5.32 Å². The highest BCUT2D eigenvalue weighted by Gasteiger charge is 2.32. The number of hydrogen-bond donors (Lipinski definition) is 1. The Morgan fingerprint density at radius 1 is 1.08 bits per heavy atom. The van der Waals surface area contributed by atoms with Crippen LogP contribution in [0.25, 0.3) is 0 Å². The smallest absolute Gasteiger partial charge is 0.355 e. The van der Waals surface area contributed by atoms with E-state index in [1.807, 2.05) is 31.2 Å². The molecule has 0 spiro atoms. The van der Waals surface area contributed by atoms with E-state index in [0.717, 1.165) is 39.9 Å². The Balaban J connectivity index is 2.19. The highest BCUT2D eigenvalue weighted by atomic mass is 32.2. The zero-order valence-electron chi connectivity index (χ0n) is 20.8. The molecule has 198 valence electrons. The number of rotatable bonds is 11. The third kappa shape index (κ3) is 8.25. The lowest BCUT2D eigenvalue weighted by atomic mass is 10.1. The van der Waals surface area contributed by atoms with Crippen LogP contribution in [0.3, 0.4) is 0 Å². The number of amides is 2. The van der Waals surface area contributed by atoms with Gasteiger partial charge >= 0.3 is 6.18 Å². The minimum absolute atomic E-state index is 0.0503. The minimum Gasteiger partial charge on any atom is -0.355 e. The van der Waals surface area contributed by atoms with Crippen molar-refractivity contribution in [2.24, 2.45) is 0 Å². The van der Waals surface area contributed by atoms with Crippen LogP contribution in [0.15, 0.2) is 48.5 Å². The second-order valence-electron chi connectivity index (χ2n) is 8.56. The molecule has 2 aromatic carbocycles. The average Bonchev–Trinajstić information content (AvgIpc) is 2.79. The van der Waals surface area contributed by atoms with Crippen molar-refractivity contribution < 1.29 is 31.2 Å². The van der Waals surface area contributed by atoms with Crippen LogP contribution in [0.2, 0.25) is 0 Å². The van der Waals surface area contributed by atoms with Gasteiger partial charge < -0.3 is 10.2 Å². The van der Waals surface area contributed by atoms with Gasteiger partial charge in [-0.05, 0) is 51.0 Å². The molecule has 0 aliphatic heterocycles. The lowest BCUT2D eigenvalue weighted by Gasteiger charge is -2.29. The molecule has 0 saturated carbocycles. The van der Waals surface area contributed by atoms with Crippen LogP contribution in [0.5, 0.6) is 0 Å². The molecular formula is C25H32F3N3O4S. The van der Waals surface area contributed by atoms with Crippen molar-refractivity contribution in [2.75, 3.05) is 23.7 Å². The van der Waals surface area contributed by atoms with E-state index in [9.17, 15) is 31.2 Å². The Bertz CT molecular complexity index is 1150. The van der Waals surface area contributed by atoms with Crippen molar-refractivity contribution in [1.29, 1.82) is 0 Å². The van der Waals surface area contributed by atoms with Gasteiger partial charge in [0.1, 0.15) is 6.04 Å². The van der Waals surface area contributed by atoms with E-state index in [1.165, 1.54) is 11.0 Å². The van der Waals surface area contributed by atoms with Gasteiger partial charge in [0.15, 0.2) is 0 Å². The van der Waals surface area contributed by atoms with E-state index < -0.39 is 27.8 Å². The first-order valence-corrected chi connectivity index (χ1v) is 13.4. The number of alkyl halides is 3. The Morgan fingerprint density at radius 2 is 1.72 bits per heavy atom. The zero-order valence-corrected chi connectivity index (χ0v) is 21.6. The first-order valence-electron chi connectivity index (χ1n) is 11.5. The number of carbonyl (C=O) groups excluding carboxylic acids is 2. The van der Waals surface area contributed by atoms with E-state index >= 15 is 0 Å². The molecule has 1 N–H and O–H groups in total. The molecule has 0 unspecified atom stereocenters. The molecule has 0 aliphatic rings. The summed E-state index contributed by atoms with van der Waals surface area (Å²) in [6, 6.07) is 10.8. The monoisotopic (exact) mass is 527 g/mol. The van der Waals surface area contributed by atoms with Crippen molar-refractivity contribution in [3.8, 4) is 0 Å². The zero-order chi connectivity index (χ0) is 27.1. The number of nitrogens with zero attached hydrogens (tertiary/aromatic N) is 2. The second-order valence-corrected chi connectivity index (χ2v) is 10.5. The van der Waals surface area contributed by atoms with Crippen molar-refractivity contribution in [2.45, 2.75) is 52.4 Å². The fourth-order valence-electron chi connectivity index (χ4n) is 3.64. The summed E-state index contributed by atoms with van der Waals surface area (Å²) >= 11 is 0. The van der Waals surface area contributed by atoms with Gasteiger partial charge in [0.2, 0.25) is 21.8 Å². The topological polar surface area (TPSA) is 86.8 Å². The largest absolute Gasteiger partial charge is 0.416 e. The molecule has 0 saturated heterocycles. The maximum absolute atomic E-state index is 13.1. The predicted octanol–water partition coefficient (Wildman–Crippen LogP) is 4.11. The lowest BCUT2D eigenvalue weighted by molar-refractivity contribution is -0.140. The molecule has 0 fully saturated rings. The summed E-state index contributed by atoms with van der Waals surface area (Å²) in [7, 11) is -3.91. The van der Waals surface area contributed by atoms with Crippen molar-refractivity contribution in [3.63, 3.8) is 0 Å². The van der Waals surface area contributed by atoms with Crippen LogP contribution < -0.4 is 9.62 Å². The van der Waals surface area contributed by atoms with Crippen LogP contribution in [0, 0.1) is 6.92 Å². The first-order chi connectivity index (χ1) is 16.7. The summed E-state index contributed by atoms with van der Waals surface area (Å²) in [4.78, 5) is 27.0. The van der Waals surface area contributed by atoms with Gasteiger partial charge in [-0.25, -0.2) is 8.42 Å². The van der Waals surface area contributed by atoms with Crippen molar-refractivity contribution >= 4 is 27.5 Å². The molecule has 1 atom stereocenters. The minimum atomic E-state index is -4.62. The molecular weight excluding hydrogens is 495 g/mol. The number of halogens is 3. The van der Waals surface area contributed by atoms with Gasteiger partial charge in [-0.15, -0.1) is 0 Å². The van der Waals surface area contributed by atoms with Crippen LogP contribution in [-0.4, -0.2) is 50.5 Å². The highest BCUT2D eigenvalue weighted by Crippen LogP contribution is 2.32. The summed E-state index contributed by atoms with van der Waals surface area (Å²) < 4.78 is 64.9. The van der Waals surface area contributed by atoms with Crippen molar-refractivity contribution in [1.82, 2.24) is 10.2 Å². The quantitative estimate of drug-likeness (QED) is 0.477. The number of nitrogens with one attached hydrogen (secondary N) is 1. The van der Waals surface area contributed by atoms with Crippen LogP contribution in [-0.2, 0) is 32.3 Å². The molecule has 11 heteroatoms. The number of anilines is 1. The van der Waals surface area contributed by atoms with E-state index in [-0.39, 0.29) is 43.4 Å². The highest BCUT2D eigenvalue weighted by molar-refractivity contribution is 7.92. The molecule has 36 heavy (non-hydrogen) atoms. The number of aryl methyl sites for hydroxylation is 1. The van der Waals surface area contributed by atoms with Gasteiger partial charge in [-0.3, -0.25) is 13.9 Å². The second kappa shape index (κ2) is 12.2. The molecule has 2 aromatic rings. The predicted molar refractivity (Wildman–Crippen MR) is 133 cm³/mol. The van der Waals surface area contributed by atoms with Crippen LogP contribution in [0.1, 0.15) is 43.4 Å². The number of benzene rings is 2. The molecule has 2 amide bonds. The number of carbonyl (C=O) groups is 2. The van der Waals surface area contributed by atoms with Crippen LogP contribution in [0.4, 0.5) is 18.9 Å². The number of hydrogen-bond acceptors (Lipinski definition) is 4. The Hall–Kier alpha value is -3.08. The Kier molecular flexibility index (Phi) is 9.92. The Morgan fingerprint density at radius 3 is 2.28 bits per heavy atom. The van der Waals surface area contributed by atoms with Gasteiger partial charge in [0, 0.05) is 26.1 Å². The average molecular weight is 528 g/mol. The number of sulfonamides is 1. The van der Waals surface area contributed by atoms with Gasteiger partial charge in [0.05, 0.1) is 17.5 Å². The maximum atomic E-state index is 13.1. The molecule has 0 bridgehead atoms. The maximum Gasteiger partial charge on any atom is 0.416 e. The summed E-state index contributed by atoms with van der Waals surface area (Å²) in [5.74, 6) is -0.688. The van der Waals surface area contributed by atoms with E-state index in [4.69, 9.17) is 0 Å². The molecule has 2 rings (SSSR count). The Labute approximate surface area is 210 Å². The number of likely N-dealkylation sites (N-methyl/N-ethyl adjacent to an activating group) is 1. The SMILES string of the molecule is CCNC(=O)[C@H](C)N(Cc1ccc(C)cc1)C(=O)CCCN(c1cccc(C(F)(F)F)c1)S(C)(=O)=O. The molecule has 0 aliphatic carbocycles. The van der Waals surface area contributed by atoms with Gasteiger partial charge in [-0.1, -0.05) is 35.9 Å². The van der Waals surface area contributed by atoms with Crippen LogP contribution >= 0.6 is 0 Å². The molecule has 7 nitrogen and oxygen atoms in total. The standard InChI is InChI=1S/C25H32F3N3O4S/c1-5-29-24(33)19(3)30(17-20-13-11-18(2)12-14-20)23(32)10-7-15-31(36(4,34)35)22-9-6-8-21(16-22)25(26,27)28/h6,8-9,11-14,16,19H,5,7,10,15,17H2,1-4H3,(H,29,33)/t19-/m0/s1. The molecule has 0 heterocycles. The first kappa shape index (κ1) is 29.2. The molecule has 0 radical (unpaired) electrons. The fraction of sp³-hybridized carbons (Fsp3) is 0.440. The normalized spacial score (nSPS) is 12.6. The van der Waals surface area contributed by atoms with Crippen molar-refractivity contribution in [3.05, 3.63) is 65.2 Å². The van der Waals surface area contributed by atoms with E-state index in [1.54, 1.807) is 13.8 Å². The lowest BCUT2D eigenvalue weighted by Crippen LogP contribution is -2.47. The molecule has 0 aromatic heterocycles. The fourth-order valence-corrected chi connectivity index (χ4v) is 4.59. The third-order valence-corrected chi connectivity index (χ3v) is 6.80. The third-order valence-electron chi connectivity index (χ3n) is 5.61. The summed E-state index contributed by atoms with van der Waals surface area (Å²) in [5.41, 5.74) is 0.771. The summed E-state index contributed by atoms with van der Waals surface area (Å²) in [6.45, 7) is 5.70.